The van der Waals surface area contributed by atoms with Crippen LogP contribution in [0.1, 0.15) is 26.3 Å². The summed E-state index contributed by atoms with van der Waals surface area (Å²) >= 11 is 6.00. The molecule has 0 amide bonds. The molecular weight excluding hydrogens is 225 g/mol. The van der Waals surface area contributed by atoms with Crippen LogP contribution in [0.15, 0.2) is 18.2 Å². The van der Waals surface area contributed by atoms with E-state index in [9.17, 15) is 4.39 Å². The molecule has 16 heavy (non-hydrogen) atoms. The molecule has 1 aromatic carbocycles. The van der Waals surface area contributed by atoms with Crippen molar-refractivity contribution in [1.29, 1.82) is 0 Å². The molecule has 0 saturated carbocycles. The first-order valence-electron chi connectivity index (χ1n) is 5.62. The Morgan fingerprint density at radius 2 is 1.94 bits per heavy atom. The molecule has 1 aromatic rings. The van der Waals surface area contributed by atoms with Gasteiger partial charge in [0.15, 0.2) is 0 Å². The van der Waals surface area contributed by atoms with Gasteiger partial charge in [0.05, 0.1) is 0 Å². The molecule has 0 spiro atoms. The van der Waals surface area contributed by atoms with Crippen molar-refractivity contribution in [3.63, 3.8) is 0 Å². The predicted molar refractivity (Wildman–Crippen MR) is 67.1 cm³/mol. The Hall–Kier alpha value is -0.600. The van der Waals surface area contributed by atoms with E-state index in [0.717, 1.165) is 0 Å². The molecule has 0 fully saturated rings. The number of hydrogen-bond acceptors (Lipinski definition) is 1. The third-order valence-corrected chi connectivity index (χ3v) is 3.39. The standard InChI is InChI=1S/C13H19ClFN/c1-8(2)10(9(3)16)7-11-12(14)5-4-6-13(11)15/h4-6,8-10H,7,16H2,1-3H3. The lowest BCUT2D eigenvalue weighted by Gasteiger charge is -2.25. The highest BCUT2D eigenvalue weighted by Gasteiger charge is 2.21. The van der Waals surface area contributed by atoms with Crippen LogP contribution in [0.4, 0.5) is 4.39 Å². The number of hydrogen-bond donors (Lipinski definition) is 1. The van der Waals surface area contributed by atoms with Gasteiger partial charge in [0.2, 0.25) is 0 Å². The monoisotopic (exact) mass is 243 g/mol. The molecule has 90 valence electrons. The maximum Gasteiger partial charge on any atom is 0.127 e. The summed E-state index contributed by atoms with van der Waals surface area (Å²) in [7, 11) is 0. The summed E-state index contributed by atoms with van der Waals surface area (Å²) in [6.45, 7) is 6.16. The quantitative estimate of drug-likeness (QED) is 0.859. The zero-order valence-corrected chi connectivity index (χ0v) is 10.8. The summed E-state index contributed by atoms with van der Waals surface area (Å²) < 4.78 is 13.6. The number of benzene rings is 1. The first-order valence-corrected chi connectivity index (χ1v) is 5.99. The second kappa shape index (κ2) is 5.65. The van der Waals surface area contributed by atoms with Crippen molar-refractivity contribution in [1.82, 2.24) is 0 Å². The topological polar surface area (TPSA) is 26.0 Å². The second-order valence-corrected chi connectivity index (χ2v) is 5.08. The van der Waals surface area contributed by atoms with Crippen molar-refractivity contribution in [2.24, 2.45) is 17.6 Å². The van der Waals surface area contributed by atoms with Crippen LogP contribution in [0.25, 0.3) is 0 Å². The highest BCUT2D eigenvalue weighted by atomic mass is 35.5. The van der Waals surface area contributed by atoms with Gasteiger partial charge in [-0.25, -0.2) is 4.39 Å². The van der Waals surface area contributed by atoms with E-state index in [0.29, 0.717) is 22.9 Å². The Balaban J connectivity index is 2.94. The van der Waals surface area contributed by atoms with Gasteiger partial charge in [-0.15, -0.1) is 0 Å². The van der Waals surface area contributed by atoms with Crippen molar-refractivity contribution in [3.05, 3.63) is 34.6 Å². The maximum absolute atomic E-state index is 13.6. The van der Waals surface area contributed by atoms with Gasteiger partial charge in [-0.2, -0.15) is 0 Å². The largest absolute Gasteiger partial charge is 0.328 e. The van der Waals surface area contributed by atoms with Gasteiger partial charge < -0.3 is 5.73 Å². The summed E-state index contributed by atoms with van der Waals surface area (Å²) in [5.74, 6) is 0.420. The van der Waals surface area contributed by atoms with E-state index in [1.54, 1.807) is 12.1 Å². The lowest BCUT2D eigenvalue weighted by Crippen LogP contribution is -2.32. The lowest BCUT2D eigenvalue weighted by molar-refractivity contribution is 0.326. The van der Waals surface area contributed by atoms with Crippen molar-refractivity contribution in [3.8, 4) is 0 Å². The highest BCUT2D eigenvalue weighted by Crippen LogP contribution is 2.26. The summed E-state index contributed by atoms with van der Waals surface area (Å²) in [6, 6.07) is 4.83. The van der Waals surface area contributed by atoms with E-state index in [1.165, 1.54) is 6.07 Å². The Kier molecular flexibility index (Phi) is 4.75. The molecule has 1 nitrogen and oxygen atoms in total. The van der Waals surface area contributed by atoms with Gasteiger partial charge in [0, 0.05) is 16.6 Å². The summed E-state index contributed by atoms with van der Waals surface area (Å²) in [5, 5.41) is 0.492. The van der Waals surface area contributed by atoms with Crippen LogP contribution in [-0.4, -0.2) is 6.04 Å². The molecule has 2 N–H and O–H groups in total. The van der Waals surface area contributed by atoms with Crippen LogP contribution in [0, 0.1) is 17.7 Å². The Morgan fingerprint density at radius 3 is 2.38 bits per heavy atom. The van der Waals surface area contributed by atoms with Crippen LogP contribution in [0.2, 0.25) is 5.02 Å². The van der Waals surface area contributed by atoms with Gasteiger partial charge in [-0.05, 0) is 37.3 Å². The van der Waals surface area contributed by atoms with E-state index in [-0.39, 0.29) is 17.8 Å². The minimum absolute atomic E-state index is 0.0377. The summed E-state index contributed by atoms with van der Waals surface area (Å²) in [6.07, 6.45) is 0.598. The van der Waals surface area contributed by atoms with Crippen molar-refractivity contribution in [2.75, 3.05) is 0 Å². The van der Waals surface area contributed by atoms with Gasteiger partial charge >= 0.3 is 0 Å². The first-order chi connectivity index (χ1) is 7.43. The Morgan fingerprint density at radius 1 is 1.31 bits per heavy atom. The molecule has 0 saturated heterocycles. The van der Waals surface area contributed by atoms with Gasteiger partial charge in [-0.1, -0.05) is 31.5 Å². The molecule has 2 atom stereocenters. The zero-order valence-electron chi connectivity index (χ0n) is 10.0. The number of nitrogens with two attached hydrogens (primary N) is 1. The fraction of sp³-hybridized carbons (Fsp3) is 0.538. The molecule has 2 unspecified atom stereocenters. The fourth-order valence-electron chi connectivity index (χ4n) is 1.99. The minimum Gasteiger partial charge on any atom is -0.328 e. The van der Waals surface area contributed by atoms with Crippen molar-refractivity contribution < 1.29 is 4.39 Å². The average Bonchev–Trinajstić information content (AvgIpc) is 2.15. The van der Waals surface area contributed by atoms with Crippen LogP contribution in [-0.2, 0) is 6.42 Å². The van der Waals surface area contributed by atoms with Gasteiger partial charge in [-0.3, -0.25) is 0 Å². The van der Waals surface area contributed by atoms with Crippen molar-refractivity contribution >= 4 is 11.6 Å². The molecule has 3 heteroatoms. The first kappa shape index (κ1) is 13.5. The fourth-order valence-corrected chi connectivity index (χ4v) is 2.23. The average molecular weight is 244 g/mol. The highest BCUT2D eigenvalue weighted by molar-refractivity contribution is 6.31. The van der Waals surface area contributed by atoms with E-state index in [1.807, 2.05) is 6.92 Å². The van der Waals surface area contributed by atoms with Crippen LogP contribution >= 0.6 is 11.6 Å². The maximum atomic E-state index is 13.6. The second-order valence-electron chi connectivity index (χ2n) is 4.67. The molecule has 0 heterocycles. The lowest BCUT2D eigenvalue weighted by atomic mass is 9.84. The summed E-state index contributed by atoms with van der Waals surface area (Å²) in [4.78, 5) is 0. The van der Waals surface area contributed by atoms with Gasteiger partial charge in [0.1, 0.15) is 5.82 Å². The van der Waals surface area contributed by atoms with Crippen LogP contribution < -0.4 is 5.73 Å². The molecule has 0 aliphatic heterocycles. The van der Waals surface area contributed by atoms with E-state index < -0.39 is 0 Å². The molecule has 0 aromatic heterocycles. The van der Waals surface area contributed by atoms with E-state index in [2.05, 4.69) is 13.8 Å². The normalized spacial score (nSPS) is 15.2. The third kappa shape index (κ3) is 3.19. The van der Waals surface area contributed by atoms with Gasteiger partial charge in [0.25, 0.3) is 0 Å². The Bertz CT molecular complexity index is 322. The molecule has 0 bridgehead atoms. The molecule has 0 aliphatic carbocycles. The van der Waals surface area contributed by atoms with Crippen LogP contribution in [0.3, 0.4) is 0 Å². The van der Waals surface area contributed by atoms with Crippen molar-refractivity contribution in [2.45, 2.75) is 33.2 Å². The number of halogens is 2. The zero-order chi connectivity index (χ0) is 12.3. The molecule has 1 rings (SSSR count). The Labute approximate surface area is 102 Å². The SMILES string of the molecule is CC(C)C(Cc1c(F)cccc1Cl)C(C)N. The smallest absolute Gasteiger partial charge is 0.127 e. The predicted octanol–water partition coefficient (Wildman–Crippen LogP) is 3.64. The number of rotatable bonds is 4. The molecule has 0 radical (unpaired) electrons. The van der Waals surface area contributed by atoms with E-state index >= 15 is 0 Å². The van der Waals surface area contributed by atoms with E-state index in [4.69, 9.17) is 17.3 Å². The van der Waals surface area contributed by atoms with Crippen LogP contribution in [0.5, 0.6) is 0 Å². The summed E-state index contributed by atoms with van der Waals surface area (Å²) in [5.41, 5.74) is 6.50. The molecule has 0 aliphatic rings. The minimum atomic E-state index is -0.237. The third-order valence-electron chi connectivity index (χ3n) is 3.03. The molecular formula is C13H19ClFN.